The molecular weight excluding hydrogens is 136 g/mol. The summed E-state index contributed by atoms with van der Waals surface area (Å²) in [6.45, 7) is 2.15. The molecule has 0 saturated carbocycles. The Morgan fingerprint density at radius 3 is 3.00 bits per heavy atom. The van der Waals surface area contributed by atoms with Gasteiger partial charge in [0.05, 0.1) is 5.56 Å². The number of nitrogens with zero attached hydrogens (tertiary/aromatic N) is 1. The first-order chi connectivity index (χ1) is 5.38. The average molecular weight is 148 g/mol. The van der Waals surface area contributed by atoms with Gasteiger partial charge < -0.3 is 4.98 Å². The van der Waals surface area contributed by atoms with Gasteiger partial charge in [-0.3, -0.25) is 0 Å². The van der Waals surface area contributed by atoms with Crippen molar-refractivity contribution >= 4 is 0 Å². The summed E-state index contributed by atoms with van der Waals surface area (Å²) in [5, 5.41) is 8.64. The van der Waals surface area contributed by atoms with E-state index in [1.165, 1.54) is 6.42 Å². The molecule has 0 aliphatic carbocycles. The number of nitrogens with one attached hydrogen (secondary N) is 1. The number of aromatic nitrogens is 1. The molecule has 1 aromatic heterocycles. The Morgan fingerprint density at radius 2 is 2.36 bits per heavy atom. The van der Waals surface area contributed by atoms with E-state index in [0.717, 1.165) is 24.0 Å². The molecule has 1 heterocycles. The van der Waals surface area contributed by atoms with Crippen molar-refractivity contribution < 1.29 is 0 Å². The fraction of sp³-hybridized carbons (Fsp3) is 0.444. The normalized spacial score (nSPS) is 9.45. The highest BCUT2D eigenvalue weighted by Gasteiger charge is 2.00. The molecule has 58 valence electrons. The van der Waals surface area contributed by atoms with E-state index < -0.39 is 0 Å². The number of rotatable bonds is 3. The van der Waals surface area contributed by atoms with Crippen LogP contribution in [-0.4, -0.2) is 4.98 Å². The van der Waals surface area contributed by atoms with Gasteiger partial charge >= 0.3 is 0 Å². The molecule has 0 unspecified atom stereocenters. The summed E-state index contributed by atoms with van der Waals surface area (Å²) in [7, 11) is 0. The molecule has 0 fully saturated rings. The monoisotopic (exact) mass is 148 g/mol. The lowest BCUT2D eigenvalue weighted by Crippen LogP contribution is -1.83. The third kappa shape index (κ3) is 1.84. The quantitative estimate of drug-likeness (QED) is 0.701. The van der Waals surface area contributed by atoms with Crippen LogP contribution in [0.25, 0.3) is 0 Å². The molecule has 0 atom stereocenters. The molecule has 0 aliphatic heterocycles. The molecular formula is C9H12N2. The van der Waals surface area contributed by atoms with Gasteiger partial charge in [0.1, 0.15) is 6.07 Å². The van der Waals surface area contributed by atoms with Gasteiger partial charge in [-0.1, -0.05) is 13.3 Å². The average Bonchev–Trinajstić information content (AvgIpc) is 2.47. The molecule has 0 aliphatic rings. The van der Waals surface area contributed by atoms with Crippen molar-refractivity contribution in [3.05, 3.63) is 23.5 Å². The van der Waals surface area contributed by atoms with Crippen LogP contribution < -0.4 is 0 Å². The third-order valence-corrected chi connectivity index (χ3v) is 1.75. The van der Waals surface area contributed by atoms with E-state index >= 15 is 0 Å². The number of hydrogen-bond donors (Lipinski definition) is 1. The molecule has 1 aromatic rings. The smallest absolute Gasteiger partial charge is 0.101 e. The molecule has 11 heavy (non-hydrogen) atoms. The minimum Gasteiger partial charge on any atom is -0.366 e. The summed E-state index contributed by atoms with van der Waals surface area (Å²) >= 11 is 0. The van der Waals surface area contributed by atoms with Crippen LogP contribution >= 0.6 is 0 Å². The molecule has 1 N–H and O–H groups in total. The summed E-state index contributed by atoms with van der Waals surface area (Å²) in [5.74, 6) is 0. The summed E-state index contributed by atoms with van der Waals surface area (Å²) < 4.78 is 0. The van der Waals surface area contributed by atoms with Crippen molar-refractivity contribution in [3.8, 4) is 6.07 Å². The van der Waals surface area contributed by atoms with Crippen LogP contribution in [0.1, 0.15) is 30.9 Å². The van der Waals surface area contributed by atoms with Crippen molar-refractivity contribution in [2.75, 3.05) is 0 Å². The Hall–Kier alpha value is -1.23. The number of H-pyrrole nitrogens is 1. The molecule has 0 radical (unpaired) electrons. The second-order valence-corrected chi connectivity index (χ2v) is 2.61. The van der Waals surface area contributed by atoms with Crippen molar-refractivity contribution in [2.45, 2.75) is 26.2 Å². The zero-order chi connectivity index (χ0) is 8.10. The Balaban J connectivity index is 2.63. The summed E-state index contributed by atoms with van der Waals surface area (Å²) in [6, 6.07) is 2.15. The summed E-state index contributed by atoms with van der Waals surface area (Å²) in [4.78, 5) is 2.94. The highest BCUT2D eigenvalue weighted by molar-refractivity contribution is 5.34. The van der Waals surface area contributed by atoms with Gasteiger partial charge in [0.2, 0.25) is 0 Å². The Kier molecular flexibility index (Phi) is 2.74. The Labute approximate surface area is 66.9 Å². The van der Waals surface area contributed by atoms with Crippen LogP contribution in [0.5, 0.6) is 0 Å². The highest BCUT2D eigenvalue weighted by Crippen LogP contribution is 2.09. The van der Waals surface area contributed by atoms with Gasteiger partial charge in [-0.25, -0.2) is 0 Å². The summed E-state index contributed by atoms with van der Waals surface area (Å²) in [6.07, 6.45) is 7.02. The zero-order valence-corrected chi connectivity index (χ0v) is 6.72. The predicted molar refractivity (Wildman–Crippen MR) is 44.1 cm³/mol. The zero-order valence-electron chi connectivity index (χ0n) is 6.72. The standard InChI is InChI=1S/C9H12N2/c1-2-3-4-8-6-11-7-9(8)5-10/h6-7,11H,2-4H2,1H3. The van der Waals surface area contributed by atoms with E-state index in [9.17, 15) is 0 Å². The first kappa shape index (κ1) is 7.87. The molecule has 0 spiro atoms. The lowest BCUT2D eigenvalue weighted by atomic mass is 10.1. The van der Waals surface area contributed by atoms with Gasteiger partial charge in [0, 0.05) is 12.4 Å². The maximum Gasteiger partial charge on any atom is 0.101 e. The van der Waals surface area contributed by atoms with Crippen molar-refractivity contribution in [3.63, 3.8) is 0 Å². The second kappa shape index (κ2) is 3.82. The van der Waals surface area contributed by atoms with E-state index in [-0.39, 0.29) is 0 Å². The van der Waals surface area contributed by atoms with E-state index in [1.807, 2.05) is 6.20 Å². The van der Waals surface area contributed by atoms with Crippen molar-refractivity contribution in [2.24, 2.45) is 0 Å². The maximum absolute atomic E-state index is 8.64. The first-order valence-electron chi connectivity index (χ1n) is 3.94. The van der Waals surface area contributed by atoms with Gasteiger partial charge in [-0.15, -0.1) is 0 Å². The lowest BCUT2D eigenvalue weighted by molar-refractivity contribution is 0.794. The van der Waals surface area contributed by atoms with Crippen molar-refractivity contribution in [1.29, 1.82) is 5.26 Å². The minimum absolute atomic E-state index is 0.790. The van der Waals surface area contributed by atoms with E-state index in [4.69, 9.17) is 5.26 Å². The van der Waals surface area contributed by atoms with Crippen molar-refractivity contribution in [1.82, 2.24) is 4.98 Å². The van der Waals surface area contributed by atoms with Crippen LogP contribution in [0.3, 0.4) is 0 Å². The fourth-order valence-electron chi connectivity index (χ4n) is 1.07. The van der Waals surface area contributed by atoms with Crippen LogP contribution in [-0.2, 0) is 6.42 Å². The lowest BCUT2D eigenvalue weighted by Gasteiger charge is -1.93. The molecule has 0 saturated heterocycles. The largest absolute Gasteiger partial charge is 0.366 e. The van der Waals surface area contributed by atoms with Gasteiger partial charge in [-0.2, -0.15) is 5.26 Å². The van der Waals surface area contributed by atoms with Crippen LogP contribution in [0, 0.1) is 11.3 Å². The number of aryl methyl sites for hydroxylation is 1. The number of nitriles is 1. The van der Waals surface area contributed by atoms with E-state index in [2.05, 4.69) is 18.0 Å². The number of hydrogen-bond acceptors (Lipinski definition) is 1. The molecule has 0 aromatic carbocycles. The van der Waals surface area contributed by atoms with Gasteiger partial charge in [0.25, 0.3) is 0 Å². The van der Waals surface area contributed by atoms with Gasteiger partial charge in [-0.05, 0) is 18.4 Å². The molecule has 2 nitrogen and oxygen atoms in total. The predicted octanol–water partition coefficient (Wildman–Crippen LogP) is 2.23. The molecule has 2 heteroatoms. The third-order valence-electron chi connectivity index (χ3n) is 1.75. The van der Waals surface area contributed by atoms with E-state index in [1.54, 1.807) is 6.20 Å². The summed E-state index contributed by atoms with van der Waals surface area (Å²) in [5.41, 5.74) is 1.94. The number of aromatic amines is 1. The SMILES string of the molecule is CCCCc1c[nH]cc1C#N. The topological polar surface area (TPSA) is 39.6 Å². The highest BCUT2D eigenvalue weighted by atomic mass is 14.6. The Bertz CT molecular complexity index is 255. The van der Waals surface area contributed by atoms with Crippen LogP contribution in [0.15, 0.2) is 12.4 Å². The maximum atomic E-state index is 8.64. The molecule has 0 amide bonds. The van der Waals surface area contributed by atoms with Crippen LogP contribution in [0.4, 0.5) is 0 Å². The number of unbranched alkanes of at least 4 members (excludes halogenated alkanes) is 1. The minimum atomic E-state index is 0.790. The fourth-order valence-corrected chi connectivity index (χ4v) is 1.07. The van der Waals surface area contributed by atoms with Gasteiger partial charge in [0.15, 0.2) is 0 Å². The van der Waals surface area contributed by atoms with Crippen LogP contribution in [0.2, 0.25) is 0 Å². The molecule has 1 rings (SSSR count). The second-order valence-electron chi connectivity index (χ2n) is 2.61. The van der Waals surface area contributed by atoms with E-state index in [0.29, 0.717) is 0 Å². The Morgan fingerprint density at radius 1 is 1.55 bits per heavy atom. The molecule has 0 bridgehead atoms. The first-order valence-corrected chi connectivity index (χ1v) is 3.94.